The Morgan fingerprint density at radius 1 is 1.03 bits per heavy atom. The van der Waals surface area contributed by atoms with Gasteiger partial charge < -0.3 is 20.1 Å². The molecule has 10 nitrogen and oxygen atoms in total. The molecular formula is C28H43N7O3. The number of anilines is 1. The number of fused-ring (bicyclic) bond motifs is 1. The molecule has 1 amide bonds. The third-order valence-electron chi connectivity index (χ3n) is 6.68. The highest BCUT2D eigenvalue weighted by Gasteiger charge is 2.20. The van der Waals surface area contributed by atoms with Crippen molar-refractivity contribution in [3.63, 3.8) is 0 Å². The lowest BCUT2D eigenvalue weighted by Gasteiger charge is -2.23. The van der Waals surface area contributed by atoms with Gasteiger partial charge in [0.2, 0.25) is 0 Å². The maximum Gasteiger partial charge on any atom is 0.407 e. The van der Waals surface area contributed by atoms with Crippen molar-refractivity contribution in [2.45, 2.75) is 96.8 Å². The van der Waals surface area contributed by atoms with E-state index in [9.17, 15) is 4.79 Å². The maximum absolute atomic E-state index is 11.7. The first kappa shape index (κ1) is 27.9. The number of benzene rings is 1. The van der Waals surface area contributed by atoms with Crippen LogP contribution in [0.25, 0.3) is 16.6 Å². The van der Waals surface area contributed by atoms with Crippen molar-refractivity contribution in [1.29, 1.82) is 0 Å². The number of carbonyl (C=O) groups is 1. The molecular weight excluding hydrogens is 482 g/mol. The maximum atomic E-state index is 11.7. The van der Waals surface area contributed by atoms with Crippen LogP contribution in [0.5, 0.6) is 0 Å². The molecule has 3 aromatic rings. The second-order valence-corrected chi connectivity index (χ2v) is 11.0. The van der Waals surface area contributed by atoms with Crippen LogP contribution in [0.3, 0.4) is 0 Å². The zero-order valence-electron chi connectivity index (χ0n) is 23.1. The molecule has 0 saturated carbocycles. The predicted molar refractivity (Wildman–Crippen MR) is 149 cm³/mol. The molecule has 0 aliphatic carbocycles. The lowest BCUT2D eigenvalue weighted by molar-refractivity contribution is -0.0366. The van der Waals surface area contributed by atoms with Crippen LogP contribution in [0.1, 0.15) is 91.2 Å². The summed E-state index contributed by atoms with van der Waals surface area (Å²) in [5, 5.41) is 20.2. The summed E-state index contributed by atoms with van der Waals surface area (Å²) >= 11 is 0. The minimum absolute atomic E-state index is 0.0154. The van der Waals surface area contributed by atoms with Crippen LogP contribution >= 0.6 is 0 Å². The summed E-state index contributed by atoms with van der Waals surface area (Å²) in [6.07, 6.45) is 16.3. The Morgan fingerprint density at radius 3 is 2.42 bits per heavy atom. The summed E-state index contributed by atoms with van der Waals surface area (Å²) in [5.41, 5.74) is 2.69. The lowest BCUT2D eigenvalue weighted by atomic mass is 10.1. The molecule has 1 aliphatic heterocycles. The van der Waals surface area contributed by atoms with Gasteiger partial charge in [0.25, 0.3) is 0 Å². The fraction of sp³-hybridized carbons (Fsp3) is 0.643. The number of ether oxygens (including phenoxy) is 2. The van der Waals surface area contributed by atoms with Gasteiger partial charge in [0.1, 0.15) is 18.3 Å². The van der Waals surface area contributed by atoms with Crippen LogP contribution in [0.2, 0.25) is 0 Å². The first-order valence-corrected chi connectivity index (χ1v) is 14.1. The Kier molecular flexibility index (Phi) is 9.98. The van der Waals surface area contributed by atoms with E-state index in [4.69, 9.17) is 14.6 Å². The molecule has 1 saturated heterocycles. The highest BCUT2D eigenvalue weighted by Crippen LogP contribution is 2.32. The third kappa shape index (κ3) is 8.18. The third-order valence-corrected chi connectivity index (χ3v) is 6.68. The van der Waals surface area contributed by atoms with Crippen LogP contribution in [0.15, 0.2) is 31.0 Å². The molecule has 3 heterocycles. The van der Waals surface area contributed by atoms with E-state index in [1.807, 2.05) is 36.2 Å². The molecule has 38 heavy (non-hydrogen) atoms. The smallest absolute Gasteiger partial charge is 0.407 e. The molecule has 1 unspecified atom stereocenters. The van der Waals surface area contributed by atoms with Crippen molar-refractivity contribution in [2.75, 3.05) is 25.0 Å². The number of carbonyl (C=O) groups excluding carboxylic acids is 1. The van der Waals surface area contributed by atoms with Gasteiger partial charge in [0.05, 0.1) is 17.4 Å². The highest BCUT2D eigenvalue weighted by molar-refractivity contribution is 5.93. The van der Waals surface area contributed by atoms with Crippen molar-refractivity contribution >= 4 is 22.7 Å². The summed E-state index contributed by atoms with van der Waals surface area (Å²) in [7, 11) is 0. The first-order chi connectivity index (χ1) is 18.4. The number of nitrogens with zero attached hydrogens (tertiary/aromatic N) is 5. The van der Waals surface area contributed by atoms with E-state index in [2.05, 4.69) is 33.0 Å². The number of hydrogen-bond acceptors (Lipinski definition) is 7. The molecule has 10 heteroatoms. The van der Waals surface area contributed by atoms with Crippen molar-refractivity contribution in [2.24, 2.45) is 0 Å². The Bertz CT molecular complexity index is 1130. The van der Waals surface area contributed by atoms with E-state index in [0.717, 1.165) is 74.0 Å². The first-order valence-electron chi connectivity index (χ1n) is 14.1. The molecule has 0 spiro atoms. The topological polar surface area (TPSA) is 108 Å². The van der Waals surface area contributed by atoms with Gasteiger partial charge in [-0.15, -0.1) is 10.2 Å². The SMILES string of the molecule is CC(C)(C)OC(=O)NCCCCCCCCCNc1cc(-n2cnnc2)cc2c1cnn2C1CCCCO1. The van der Waals surface area contributed by atoms with Crippen molar-refractivity contribution < 1.29 is 14.3 Å². The Morgan fingerprint density at radius 2 is 1.74 bits per heavy atom. The summed E-state index contributed by atoms with van der Waals surface area (Å²) in [6.45, 7) is 7.99. The van der Waals surface area contributed by atoms with Gasteiger partial charge in [-0.2, -0.15) is 5.10 Å². The van der Waals surface area contributed by atoms with Gasteiger partial charge in [0.15, 0.2) is 6.23 Å². The summed E-state index contributed by atoms with van der Waals surface area (Å²) < 4.78 is 15.2. The molecule has 1 aromatic carbocycles. The highest BCUT2D eigenvalue weighted by atomic mass is 16.6. The Hall–Kier alpha value is -3.14. The monoisotopic (exact) mass is 525 g/mol. The second kappa shape index (κ2) is 13.6. The van der Waals surface area contributed by atoms with E-state index in [-0.39, 0.29) is 12.3 Å². The number of nitrogens with one attached hydrogen (secondary N) is 2. The normalized spacial score (nSPS) is 16.0. The Labute approximate surface area is 225 Å². The predicted octanol–water partition coefficient (Wildman–Crippen LogP) is 5.98. The van der Waals surface area contributed by atoms with Gasteiger partial charge in [0, 0.05) is 30.8 Å². The van der Waals surface area contributed by atoms with Gasteiger partial charge in [-0.25, -0.2) is 9.48 Å². The van der Waals surface area contributed by atoms with E-state index >= 15 is 0 Å². The number of hydrogen-bond donors (Lipinski definition) is 2. The Balaban J connectivity index is 1.20. The van der Waals surface area contributed by atoms with Gasteiger partial charge >= 0.3 is 6.09 Å². The average molecular weight is 526 g/mol. The summed E-state index contributed by atoms with van der Waals surface area (Å²) in [6, 6.07) is 4.28. The molecule has 0 radical (unpaired) electrons. The lowest BCUT2D eigenvalue weighted by Crippen LogP contribution is -2.32. The molecule has 1 fully saturated rings. The molecule has 4 rings (SSSR count). The number of aromatic nitrogens is 5. The fourth-order valence-corrected chi connectivity index (χ4v) is 4.77. The minimum Gasteiger partial charge on any atom is -0.444 e. The zero-order valence-corrected chi connectivity index (χ0v) is 23.1. The van der Waals surface area contributed by atoms with Crippen LogP contribution in [-0.2, 0) is 9.47 Å². The molecule has 2 aromatic heterocycles. The number of amides is 1. The van der Waals surface area contributed by atoms with E-state index in [0.29, 0.717) is 6.54 Å². The molecule has 2 N–H and O–H groups in total. The van der Waals surface area contributed by atoms with Crippen molar-refractivity contribution in [1.82, 2.24) is 29.9 Å². The second-order valence-electron chi connectivity index (χ2n) is 11.0. The summed E-state index contributed by atoms with van der Waals surface area (Å²) in [4.78, 5) is 11.7. The number of rotatable bonds is 13. The number of alkyl carbamates (subject to hydrolysis) is 1. The van der Waals surface area contributed by atoms with Crippen LogP contribution in [0.4, 0.5) is 10.5 Å². The molecule has 208 valence electrons. The zero-order chi connectivity index (χ0) is 26.8. The van der Waals surface area contributed by atoms with Crippen molar-refractivity contribution in [3.8, 4) is 5.69 Å². The van der Waals surface area contributed by atoms with E-state index < -0.39 is 5.60 Å². The van der Waals surface area contributed by atoms with Gasteiger partial charge in [-0.3, -0.25) is 4.57 Å². The minimum atomic E-state index is -0.447. The fourth-order valence-electron chi connectivity index (χ4n) is 4.77. The molecule has 1 aliphatic rings. The molecule has 1 atom stereocenters. The number of unbranched alkanes of at least 4 members (excludes halogenated alkanes) is 6. The largest absolute Gasteiger partial charge is 0.444 e. The van der Waals surface area contributed by atoms with Crippen LogP contribution in [0, 0.1) is 0 Å². The van der Waals surface area contributed by atoms with Gasteiger partial charge in [-0.1, -0.05) is 32.1 Å². The van der Waals surface area contributed by atoms with Crippen LogP contribution < -0.4 is 10.6 Å². The molecule has 0 bridgehead atoms. The van der Waals surface area contributed by atoms with Crippen molar-refractivity contribution in [3.05, 3.63) is 31.0 Å². The quantitative estimate of drug-likeness (QED) is 0.264. The average Bonchev–Trinajstić information content (AvgIpc) is 3.57. The van der Waals surface area contributed by atoms with Gasteiger partial charge in [-0.05, 0) is 65.0 Å². The van der Waals surface area contributed by atoms with E-state index in [1.54, 1.807) is 12.7 Å². The standard InChI is InChI=1S/C28H43N7O3/c1-28(2,3)38-27(36)30-15-11-8-6-4-5-7-10-14-29-24-17-22(34-20-31-32-21-34)18-25-23(24)19-33-35(25)26-13-9-12-16-37-26/h17-21,26,29H,4-16H2,1-3H3,(H,30,36). The van der Waals surface area contributed by atoms with Crippen LogP contribution in [-0.4, -0.2) is 55.9 Å². The van der Waals surface area contributed by atoms with E-state index in [1.165, 1.54) is 25.7 Å². The summed E-state index contributed by atoms with van der Waals surface area (Å²) in [5.74, 6) is 0.